The van der Waals surface area contributed by atoms with E-state index in [1.807, 2.05) is 0 Å². The van der Waals surface area contributed by atoms with Crippen molar-refractivity contribution < 1.29 is 0 Å². The molecule has 4 heteroatoms. The van der Waals surface area contributed by atoms with Gasteiger partial charge in [0.25, 0.3) is 0 Å². The van der Waals surface area contributed by atoms with E-state index in [1.54, 1.807) is 0 Å². The van der Waals surface area contributed by atoms with E-state index in [4.69, 9.17) is 0 Å². The lowest BCUT2D eigenvalue weighted by Gasteiger charge is -2.28. The first kappa shape index (κ1) is 46.9. The van der Waals surface area contributed by atoms with Crippen molar-refractivity contribution in [2.75, 3.05) is 19.6 Å². The van der Waals surface area contributed by atoms with Gasteiger partial charge < -0.3 is 19.6 Å². The first-order valence-corrected chi connectivity index (χ1v) is 25.8. The summed E-state index contributed by atoms with van der Waals surface area (Å²) in [5.74, 6) is 0. The highest BCUT2D eigenvalue weighted by Gasteiger charge is 2.18. The van der Waals surface area contributed by atoms with Crippen molar-refractivity contribution in [3.05, 3.63) is 328 Å². The average molecular weight is 975 g/mol. The van der Waals surface area contributed by atoms with E-state index in [0.717, 1.165) is 90.5 Å². The van der Waals surface area contributed by atoms with Crippen LogP contribution in [0.4, 0.5) is 68.2 Å². The molecule has 12 rings (SSSR count). The summed E-state index contributed by atoms with van der Waals surface area (Å²) in [7, 11) is 0. The van der Waals surface area contributed by atoms with Crippen molar-refractivity contribution in [3.63, 3.8) is 0 Å². The maximum atomic E-state index is 2.32. The number of hydrogen-bond donors (Lipinski definition) is 0. The molecule has 0 aromatic heterocycles. The maximum absolute atomic E-state index is 2.32. The summed E-state index contributed by atoms with van der Waals surface area (Å²) in [6, 6.07) is 117. The Bertz CT molecular complexity index is 3650. The van der Waals surface area contributed by atoms with Crippen molar-refractivity contribution in [1.29, 1.82) is 0 Å². The van der Waals surface area contributed by atoms with Crippen LogP contribution < -0.4 is 19.6 Å². The second-order valence-electron chi connectivity index (χ2n) is 18.6. The molecule has 0 radical (unpaired) electrons. The van der Waals surface area contributed by atoms with E-state index in [9.17, 15) is 0 Å². The van der Waals surface area contributed by atoms with Crippen LogP contribution in [0.1, 0.15) is 0 Å². The van der Waals surface area contributed by atoms with Crippen LogP contribution in [0.15, 0.2) is 328 Å². The predicted octanol–water partition coefficient (Wildman–Crippen LogP) is 20.6. The van der Waals surface area contributed by atoms with Gasteiger partial charge in [0.15, 0.2) is 0 Å². The standard InChI is InChI=1S/C72H54N4/c1-7-19-61(20-8-1)73(62-21-9-2-10-22-62)67-43-39-59(40-44-67)60-41-49-69(50-42-60)75(65-27-15-5-16-28-65)68-45-35-57(36-46-68)55-31-33-56(34-32-55)58-37-47-70(48-38-58)76(66-29-17-6-18-30-66)72-53-51-71(52-54-72)74(63-23-11-3-12-24-63)64-25-13-4-14-26-64/h1-54H. The molecule has 362 valence electrons. The van der Waals surface area contributed by atoms with Gasteiger partial charge in [0.1, 0.15) is 0 Å². The Balaban J connectivity index is 0.761. The summed E-state index contributed by atoms with van der Waals surface area (Å²) in [4.78, 5) is 9.22. The SMILES string of the molecule is c1ccc(N(c2ccccc2)c2ccc(-c3ccc(N(c4ccccc4)c4ccc(-c5ccc(-c6ccc(N(c7ccccc7)c7ccc(N(c8ccccc8)c8ccccc8)cc7)cc6)cc5)cc4)cc3)cc2)cc1. The molecule has 12 aromatic carbocycles. The lowest BCUT2D eigenvalue weighted by atomic mass is 9.99. The number of benzene rings is 12. The zero-order chi connectivity index (χ0) is 50.9. The Kier molecular flexibility index (Phi) is 13.5. The molecule has 0 spiro atoms. The fourth-order valence-corrected chi connectivity index (χ4v) is 10.1. The molecular weight excluding hydrogens is 921 g/mol. The van der Waals surface area contributed by atoms with Gasteiger partial charge in [0.05, 0.1) is 0 Å². The third-order valence-corrected chi connectivity index (χ3v) is 13.8. The van der Waals surface area contributed by atoms with Gasteiger partial charge in [-0.2, -0.15) is 0 Å². The predicted molar refractivity (Wildman–Crippen MR) is 321 cm³/mol. The van der Waals surface area contributed by atoms with E-state index in [2.05, 4.69) is 347 Å². The molecule has 0 saturated carbocycles. The molecule has 0 fully saturated rings. The summed E-state index contributed by atoms with van der Waals surface area (Å²) in [6.07, 6.45) is 0. The van der Waals surface area contributed by atoms with Crippen LogP contribution >= 0.6 is 0 Å². The molecule has 0 bridgehead atoms. The number of anilines is 12. The first-order chi connectivity index (χ1) is 37.7. The molecule has 0 saturated heterocycles. The molecule has 0 heterocycles. The van der Waals surface area contributed by atoms with Gasteiger partial charge in [-0.05, 0) is 179 Å². The van der Waals surface area contributed by atoms with Gasteiger partial charge in [-0.25, -0.2) is 0 Å². The summed E-state index contributed by atoms with van der Waals surface area (Å²) < 4.78 is 0. The monoisotopic (exact) mass is 974 g/mol. The second kappa shape index (κ2) is 21.9. The fourth-order valence-electron chi connectivity index (χ4n) is 10.1. The molecule has 0 aliphatic rings. The van der Waals surface area contributed by atoms with Crippen molar-refractivity contribution in [2.45, 2.75) is 0 Å². The minimum absolute atomic E-state index is 1.08. The Morgan fingerprint density at radius 3 is 0.355 bits per heavy atom. The highest BCUT2D eigenvalue weighted by Crippen LogP contribution is 2.42. The summed E-state index contributed by atoms with van der Waals surface area (Å²) in [6.45, 7) is 0. The van der Waals surface area contributed by atoms with Gasteiger partial charge in [0.2, 0.25) is 0 Å². The van der Waals surface area contributed by atoms with Crippen LogP contribution in [-0.2, 0) is 0 Å². The molecular formula is C72H54N4. The molecule has 0 aliphatic carbocycles. The summed E-state index contributed by atoms with van der Waals surface area (Å²) in [5, 5.41) is 0. The first-order valence-electron chi connectivity index (χ1n) is 25.8. The third-order valence-electron chi connectivity index (χ3n) is 13.8. The lowest BCUT2D eigenvalue weighted by molar-refractivity contribution is 1.26. The van der Waals surface area contributed by atoms with Gasteiger partial charge in [-0.3, -0.25) is 0 Å². The maximum Gasteiger partial charge on any atom is 0.0463 e. The molecule has 4 nitrogen and oxygen atoms in total. The van der Waals surface area contributed by atoms with E-state index < -0.39 is 0 Å². The van der Waals surface area contributed by atoms with Crippen molar-refractivity contribution in [3.8, 4) is 33.4 Å². The fraction of sp³-hybridized carbons (Fsp3) is 0. The Morgan fingerprint density at radius 1 is 0.105 bits per heavy atom. The number of rotatable bonds is 15. The van der Waals surface area contributed by atoms with Crippen LogP contribution in [0.2, 0.25) is 0 Å². The van der Waals surface area contributed by atoms with E-state index in [-0.39, 0.29) is 0 Å². The topological polar surface area (TPSA) is 13.0 Å². The normalized spacial score (nSPS) is 10.9. The smallest absolute Gasteiger partial charge is 0.0463 e. The van der Waals surface area contributed by atoms with Gasteiger partial charge in [0, 0.05) is 68.2 Å². The van der Waals surface area contributed by atoms with Crippen LogP contribution in [0, 0.1) is 0 Å². The Labute approximate surface area is 446 Å². The van der Waals surface area contributed by atoms with Crippen molar-refractivity contribution in [1.82, 2.24) is 0 Å². The van der Waals surface area contributed by atoms with Crippen LogP contribution in [0.5, 0.6) is 0 Å². The molecule has 12 aromatic rings. The number of para-hydroxylation sites is 6. The van der Waals surface area contributed by atoms with Crippen LogP contribution in [0.25, 0.3) is 33.4 Å². The van der Waals surface area contributed by atoms with Gasteiger partial charge in [-0.15, -0.1) is 0 Å². The summed E-state index contributed by atoms with van der Waals surface area (Å²) >= 11 is 0. The lowest BCUT2D eigenvalue weighted by Crippen LogP contribution is -2.12. The van der Waals surface area contributed by atoms with Crippen molar-refractivity contribution >= 4 is 68.2 Å². The Morgan fingerprint density at radius 2 is 0.211 bits per heavy atom. The number of nitrogens with zero attached hydrogens (tertiary/aromatic N) is 4. The molecule has 0 atom stereocenters. The van der Waals surface area contributed by atoms with Gasteiger partial charge >= 0.3 is 0 Å². The van der Waals surface area contributed by atoms with E-state index >= 15 is 0 Å². The van der Waals surface area contributed by atoms with E-state index in [0.29, 0.717) is 0 Å². The molecule has 0 N–H and O–H groups in total. The second-order valence-corrected chi connectivity index (χ2v) is 18.6. The van der Waals surface area contributed by atoms with Crippen molar-refractivity contribution in [2.24, 2.45) is 0 Å². The quantitative estimate of drug-likeness (QED) is 0.101. The van der Waals surface area contributed by atoms with E-state index in [1.165, 1.54) is 11.1 Å². The average Bonchev–Trinajstić information content (AvgIpc) is 3.51. The highest BCUT2D eigenvalue weighted by atomic mass is 15.2. The minimum atomic E-state index is 1.08. The largest absolute Gasteiger partial charge is 0.311 e. The molecule has 0 unspecified atom stereocenters. The summed E-state index contributed by atoms with van der Waals surface area (Å²) in [5.41, 5.74) is 20.2. The zero-order valence-corrected chi connectivity index (χ0v) is 42.0. The zero-order valence-electron chi connectivity index (χ0n) is 42.0. The third kappa shape index (κ3) is 10.1. The Hall–Kier alpha value is -10.2. The molecule has 0 aliphatic heterocycles. The number of hydrogen-bond acceptors (Lipinski definition) is 4. The molecule has 0 amide bonds. The minimum Gasteiger partial charge on any atom is -0.311 e. The highest BCUT2D eigenvalue weighted by molar-refractivity contribution is 5.84. The van der Waals surface area contributed by atoms with Gasteiger partial charge in [-0.1, -0.05) is 182 Å². The van der Waals surface area contributed by atoms with Crippen LogP contribution in [-0.4, -0.2) is 0 Å². The van der Waals surface area contributed by atoms with Crippen LogP contribution in [0.3, 0.4) is 0 Å². The molecule has 76 heavy (non-hydrogen) atoms.